The van der Waals surface area contributed by atoms with Gasteiger partial charge in [0.05, 0.1) is 16.3 Å². The molecule has 76 heavy (non-hydrogen) atoms. The number of nitrogens with zero attached hydrogens (tertiary/aromatic N) is 4. The Balaban J connectivity index is 0.796. The van der Waals surface area contributed by atoms with Gasteiger partial charge in [0.25, 0.3) is 0 Å². The van der Waals surface area contributed by atoms with Gasteiger partial charge in [-0.2, -0.15) is 5.26 Å². The second-order valence-corrected chi connectivity index (χ2v) is 25.5. The molecule has 2 N–H and O–H groups in total. The van der Waals surface area contributed by atoms with Crippen molar-refractivity contribution in [2.45, 2.75) is 189 Å². The minimum Gasteiger partial charge on any atom is -0.410 e. The molecule has 15 heteroatoms. The lowest BCUT2D eigenvalue weighted by molar-refractivity contribution is -0.132. The largest absolute Gasteiger partial charge is 0.415 e. The number of hydrogen-bond donors (Lipinski definition) is 2. The van der Waals surface area contributed by atoms with Crippen molar-refractivity contribution < 1.29 is 38.3 Å². The van der Waals surface area contributed by atoms with Crippen LogP contribution >= 0.6 is 11.3 Å². The van der Waals surface area contributed by atoms with Crippen LogP contribution in [0.5, 0.6) is 5.75 Å². The summed E-state index contributed by atoms with van der Waals surface area (Å²) in [5.74, 6) is 3.74. The number of ketones is 2. The van der Waals surface area contributed by atoms with E-state index in [1.807, 2.05) is 6.07 Å². The maximum Gasteiger partial charge on any atom is 0.415 e. The van der Waals surface area contributed by atoms with Crippen molar-refractivity contribution in [1.29, 1.82) is 5.26 Å². The Hall–Kier alpha value is -5.23. The Bertz CT molecular complexity index is 2610. The highest BCUT2D eigenvalue weighted by atomic mass is 32.1. The van der Waals surface area contributed by atoms with Gasteiger partial charge >= 0.3 is 6.09 Å². The van der Waals surface area contributed by atoms with Crippen LogP contribution in [0.2, 0.25) is 0 Å². The predicted octanol–water partition coefficient (Wildman–Crippen LogP) is 11.4. The van der Waals surface area contributed by atoms with Crippen LogP contribution in [0.1, 0.15) is 188 Å². The van der Waals surface area contributed by atoms with Gasteiger partial charge in [-0.05, 0) is 170 Å². The van der Waals surface area contributed by atoms with Gasteiger partial charge in [0.1, 0.15) is 18.1 Å². The van der Waals surface area contributed by atoms with Crippen LogP contribution in [0.3, 0.4) is 0 Å². The van der Waals surface area contributed by atoms with Crippen molar-refractivity contribution in [3.05, 3.63) is 45.5 Å². The van der Waals surface area contributed by atoms with Gasteiger partial charge in [-0.3, -0.25) is 24.0 Å². The number of allylic oxidation sites excluding steroid dienone is 4. The lowest BCUT2D eigenvalue weighted by Gasteiger charge is -2.60. The van der Waals surface area contributed by atoms with Crippen LogP contribution in [-0.2, 0) is 28.8 Å². The fourth-order valence-corrected chi connectivity index (χ4v) is 15.6. The summed E-state index contributed by atoms with van der Waals surface area (Å²) in [5, 5.41) is 15.6. The van der Waals surface area contributed by atoms with E-state index in [4.69, 9.17) is 4.74 Å². The minimum atomic E-state index is -0.919. The van der Waals surface area contributed by atoms with E-state index in [2.05, 4.69) is 29.5 Å². The zero-order chi connectivity index (χ0) is 55.0. The van der Waals surface area contributed by atoms with E-state index in [1.54, 1.807) is 59.9 Å². The molecule has 14 nitrogen and oxygen atoms in total. The van der Waals surface area contributed by atoms with Crippen LogP contribution in [0.15, 0.2) is 40.5 Å². The molecule has 0 saturated heterocycles. The minimum absolute atomic E-state index is 0.0222. The first-order valence-electron chi connectivity index (χ1n) is 28.7. The Morgan fingerprint density at radius 3 is 2.37 bits per heavy atom. The van der Waals surface area contributed by atoms with Crippen LogP contribution in [0.4, 0.5) is 4.79 Å². The molecule has 2 aromatic rings. The van der Waals surface area contributed by atoms with Crippen LogP contribution in [-0.4, -0.2) is 95.7 Å². The topological polar surface area (TPSA) is 196 Å². The average molecular weight is 1060 g/mol. The summed E-state index contributed by atoms with van der Waals surface area (Å²) < 4.78 is 6.50. The summed E-state index contributed by atoms with van der Waals surface area (Å²) in [5.41, 5.74) is 2.16. The number of thiazole rings is 1. The number of aromatic nitrogens is 1. The maximum absolute atomic E-state index is 13.7. The van der Waals surface area contributed by atoms with E-state index in [-0.39, 0.29) is 48.8 Å². The first-order valence-corrected chi connectivity index (χ1v) is 29.5. The molecule has 5 aliphatic carbocycles. The number of fused-ring (bicyclic) bond motifs is 6. The number of carbonyl (C=O) groups excluding carboxylic acids is 7. The van der Waals surface area contributed by atoms with Gasteiger partial charge in [0.15, 0.2) is 16.6 Å². The lowest BCUT2D eigenvalue weighted by atomic mass is 9.45. The van der Waals surface area contributed by atoms with E-state index in [1.165, 1.54) is 85.3 Å². The molecule has 7 rings (SSSR count). The monoisotopic (exact) mass is 1060 g/mol. The zero-order valence-corrected chi connectivity index (χ0v) is 47.7. The molecular weight excluding hydrogens is 977 g/mol. The molecular formula is C61H86N6O8S. The van der Waals surface area contributed by atoms with Gasteiger partial charge in [-0.1, -0.05) is 47.0 Å². The number of Topliss-reactive ketones (excluding diaryl/α,β-unsaturated/α-hetero) is 2. The highest BCUT2D eigenvalue weighted by molar-refractivity contribution is 7.19. The number of hydrogen-bond acceptors (Lipinski definition) is 11. The summed E-state index contributed by atoms with van der Waals surface area (Å²) in [6, 6.07) is 6.48. The van der Waals surface area contributed by atoms with Crippen molar-refractivity contribution in [3.8, 4) is 11.8 Å². The van der Waals surface area contributed by atoms with Gasteiger partial charge in [0.2, 0.25) is 17.7 Å². The molecule has 414 valence electrons. The highest BCUT2D eigenvalue weighted by Crippen LogP contribution is 2.68. The standard InChI is InChI=1S/C61H86N6O8S/c1-39-40(2)57(73)55(41(3)56(39)72)59(4,5)36-54(71)66(8)33-34-67(58(74)75-45-24-27-49-50(35-45)76-53(37-62)65-49)32-15-9-10-20-51(69)63-31-14-12-19-44(38-68)64-52(70)21-16-18-43-23-26-47-46-25-22-42-17-11-13-29-60(42,6)48(46)28-30-61(43,47)7/h24,27,35,38,42-44,46-48H,9-23,25-26,28-34,36H2,1-8H3,(H,63,69)(H,64,70)/t42-,43-,44?,46-,47?,48?,60-,61+/m0/s1. The van der Waals surface area contributed by atoms with Crippen molar-refractivity contribution in [2.75, 3.05) is 33.2 Å². The van der Waals surface area contributed by atoms with E-state index in [9.17, 15) is 38.8 Å². The molecule has 4 amide bonds. The lowest BCUT2D eigenvalue weighted by Crippen LogP contribution is -2.52. The zero-order valence-electron chi connectivity index (χ0n) is 46.9. The molecule has 4 saturated carbocycles. The maximum atomic E-state index is 13.7. The number of unbranched alkanes of at least 4 members (excludes halogenated alkanes) is 3. The molecule has 3 unspecified atom stereocenters. The van der Waals surface area contributed by atoms with E-state index in [0.29, 0.717) is 124 Å². The van der Waals surface area contributed by atoms with Gasteiger partial charge in [-0.25, -0.2) is 9.78 Å². The summed E-state index contributed by atoms with van der Waals surface area (Å²) >= 11 is 1.20. The van der Waals surface area contributed by atoms with Gasteiger partial charge < -0.3 is 30.0 Å². The van der Waals surface area contributed by atoms with Crippen molar-refractivity contribution in [1.82, 2.24) is 25.4 Å². The van der Waals surface area contributed by atoms with Crippen LogP contribution in [0, 0.1) is 57.2 Å². The highest BCUT2D eigenvalue weighted by Gasteiger charge is 2.59. The number of nitrogens with one attached hydrogen (secondary N) is 2. The Morgan fingerprint density at radius 2 is 1.61 bits per heavy atom. The number of aldehydes is 1. The number of ether oxygens (including phenoxy) is 1. The summed E-state index contributed by atoms with van der Waals surface area (Å²) in [6.45, 7) is 14.8. The third kappa shape index (κ3) is 13.4. The van der Waals surface area contributed by atoms with E-state index >= 15 is 0 Å². The van der Waals surface area contributed by atoms with Crippen molar-refractivity contribution >= 4 is 63.2 Å². The summed E-state index contributed by atoms with van der Waals surface area (Å²) in [7, 11) is 1.64. The fraction of sp³-hybridized carbons (Fsp3) is 0.689. The van der Waals surface area contributed by atoms with Gasteiger partial charge in [-0.15, -0.1) is 11.3 Å². The summed E-state index contributed by atoms with van der Waals surface area (Å²) in [4.78, 5) is 98.7. The normalized spacial score (nSPS) is 25.8. The van der Waals surface area contributed by atoms with Crippen molar-refractivity contribution in [2.24, 2.45) is 45.8 Å². The number of amides is 4. The van der Waals surface area contributed by atoms with E-state index in [0.717, 1.165) is 42.8 Å². The third-order valence-electron chi connectivity index (χ3n) is 19.3. The average Bonchev–Trinajstić information content (AvgIpc) is 3.97. The smallest absolute Gasteiger partial charge is 0.410 e. The van der Waals surface area contributed by atoms with E-state index < -0.39 is 17.6 Å². The number of nitriles is 1. The Labute approximate surface area is 456 Å². The molecule has 0 radical (unpaired) electrons. The quantitative estimate of drug-likeness (QED) is 0.0580. The second-order valence-electron chi connectivity index (χ2n) is 24.5. The number of carbonyl (C=O) groups is 7. The van der Waals surface area contributed by atoms with Crippen LogP contribution < -0.4 is 15.4 Å². The molecule has 1 aromatic carbocycles. The van der Waals surface area contributed by atoms with Crippen molar-refractivity contribution in [3.63, 3.8) is 0 Å². The van der Waals surface area contributed by atoms with Crippen LogP contribution in [0.25, 0.3) is 10.2 Å². The summed E-state index contributed by atoms with van der Waals surface area (Å²) in [6.07, 6.45) is 20.6. The number of rotatable bonds is 24. The SMILES string of the molecule is CC1=C(C)C(=O)C(C(C)(C)CC(=O)N(C)CCN(CCCCCC(=O)NCCCCC(C=O)NC(=O)CCC[C@H]2CCC3[C@@H]4CC[C@@H]5CCCC[C@]5(C)C4CC[C@@]32C)C(=O)Oc2ccc3nc(C#N)sc3c2)=C(C)C1=O. The first kappa shape index (κ1) is 58.5. The third-order valence-corrected chi connectivity index (χ3v) is 20.3. The molecule has 8 atom stereocenters. The second kappa shape index (κ2) is 25.5. The number of benzene rings is 1. The number of likely N-dealkylation sites (N-methyl/N-ethyl adjacent to an activating group) is 1. The Kier molecular flexibility index (Phi) is 19.6. The first-order chi connectivity index (χ1) is 36.2. The molecule has 5 aliphatic rings. The molecule has 1 aromatic heterocycles. The predicted molar refractivity (Wildman–Crippen MR) is 296 cm³/mol. The Morgan fingerprint density at radius 1 is 0.855 bits per heavy atom. The van der Waals surface area contributed by atoms with Gasteiger partial charge in [0, 0.05) is 86.3 Å². The molecule has 0 aliphatic heterocycles. The fourth-order valence-electron chi connectivity index (χ4n) is 14.8. The molecule has 0 spiro atoms. The molecule has 4 fully saturated rings. The molecule has 1 heterocycles. The molecule has 0 bridgehead atoms.